The van der Waals surface area contributed by atoms with Gasteiger partial charge in [-0.05, 0) is 84.3 Å². The highest BCUT2D eigenvalue weighted by molar-refractivity contribution is 9.10. The van der Waals surface area contributed by atoms with E-state index >= 15 is 0 Å². The second-order valence-corrected chi connectivity index (χ2v) is 8.63. The molecule has 4 saturated carbocycles. The summed E-state index contributed by atoms with van der Waals surface area (Å²) < 4.78 is 7.99. The van der Waals surface area contributed by atoms with Gasteiger partial charge in [-0.15, -0.1) is 0 Å². The molecule has 6 heteroatoms. The Kier molecular flexibility index (Phi) is 3.21. The average molecular weight is 390 g/mol. The Balaban J connectivity index is 1.37. The van der Waals surface area contributed by atoms with Crippen molar-refractivity contribution in [2.24, 2.45) is 17.8 Å². The van der Waals surface area contributed by atoms with Gasteiger partial charge in [0.2, 0.25) is 0 Å². The molecule has 4 aliphatic rings. The first kappa shape index (κ1) is 14.8. The van der Waals surface area contributed by atoms with Crippen LogP contribution in [-0.2, 0) is 5.54 Å². The second-order valence-electron chi connectivity index (χ2n) is 7.85. The first-order chi connectivity index (χ1) is 11.6. The summed E-state index contributed by atoms with van der Waals surface area (Å²) in [6.45, 7) is 0. The highest BCUT2D eigenvalue weighted by Gasteiger charge is 2.52. The molecule has 24 heavy (non-hydrogen) atoms. The monoisotopic (exact) mass is 389 g/mol. The minimum absolute atomic E-state index is 0.186. The van der Waals surface area contributed by atoms with Crippen LogP contribution in [0.4, 0.5) is 5.82 Å². The van der Waals surface area contributed by atoms with E-state index in [1.54, 1.807) is 12.1 Å². The Bertz CT molecular complexity index is 759. The van der Waals surface area contributed by atoms with E-state index < -0.39 is 0 Å². The molecule has 1 N–H and O–H groups in total. The fourth-order valence-corrected chi connectivity index (χ4v) is 5.92. The van der Waals surface area contributed by atoms with E-state index in [0.29, 0.717) is 10.5 Å². The Morgan fingerprint density at radius 2 is 1.83 bits per heavy atom. The van der Waals surface area contributed by atoms with Gasteiger partial charge in [-0.1, -0.05) is 0 Å². The fraction of sp³-hybridized carbons (Fsp3) is 0.556. The molecule has 0 unspecified atom stereocenters. The van der Waals surface area contributed by atoms with Crippen LogP contribution in [0.1, 0.15) is 49.1 Å². The third kappa shape index (κ3) is 2.34. The zero-order valence-electron chi connectivity index (χ0n) is 13.4. The van der Waals surface area contributed by atoms with Crippen LogP contribution in [0.3, 0.4) is 0 Å². The maximum atomic E-state index is 12.2. The lowest BCUT2D eigenvalue weighted by Gasteiger charge is -2.56. The number of hydrogen-bond donors (Lipinski definition) is 1. The predicted octanol–water partition coefficient (Wildman–Crippen LogP) is 4.42. The van der Waals surface area contributed by atoms with Crippen molar-refractivity contribution in [1.29, 1.82) is 0 Å². The summed E-state index contributed by atoms with van der Waals surface area (Å²) in [5.41, 5.74) is 0.186. The van der Waals surface area contributed by atoms with Crippen molar-refractivity contribution in [3.63, 3.8) is 0 Å². The SMILES string of the molecule is O=C(Nc1ccn(C23CC4CC(CC(C4)C2)C3)n1)c1ccc(Br)o1. The quantitative estimate of drug-likeness (QED) is 0.844. The zero-order valence-corrected chi connectivity index (χ0v) is 15.0. The van der Waals surface area contributed by atoms with Crippen molar-refractivity contribution in [3.05, 3.63) is 34.8 Å². The van der Waals surface area contributed by atoms with Crippen LogP contribution in [0.2, 0.25) is 0 Å². The summed E-state index contributed by atoms with van der Waals surface area (Å²) in [5.74, 6) is 3.24. The molecule has 126 valence electrons. The number of rotatable bonds is 3. The van der Waals surface area contributed by atoms with Gasteiger partial charge in [0.05, 0.1) is 5.54 Å². The number of nitrogens with one attached hydrogen (secondary N) is 1. The molecule has 0 spiro atoms. The molecular weight excluding hydrogens is 370 g/mol. The number of furan rings is 1. The van der Waals surface area contributed by atoms with Gasteiger partial charge in [-0.3, -0.25) is 9.48 Å². The van der Waals surface area contributed by atoms with Crippen LogP contribution in [0.15, 0.2) is 33.5 Å². The molecule has 0 aromatic carbocycles. The molecule has 6 rings (SSSR count). The second kappa shape index (κ2) is 5.22. The van der Waals surface area contributed by atoms with E-state index in [1.165, 1.54) is 38.5 Å². The number of carbonyl (C=O) groups excluding carboxylic acids is 1. The number of anilines is 1. The normalized spacial score (nSPS) is 33.8. The van der Waals surface area contributed by atoms with Crippen LogP contribution >= 0.6 is 15.9 Å². The molecule has 2 aromatic rings. The maximum Gasteiger partial charge on any atom is 0.292 e. The van der Waals surface area contributed by atoms with Crippen molar-refractivity contribution >= 4 is 27.7 Å². The zero-order chi connectivity index (χ0) is 16.3. The van der Waals surface area contributed by atoms with Gasteiger partial charge in [0.25, 0.3) is 5.91 Å². The van der Waals surface area contributed by atoms with Crippen molar-refractivity contribution in [2.45, 2.75) is 44.1 Å². The average Bonchev–Trinajstić information content (AvgIpc) is 3.15. The van der Waals surface area contributed by atoms with Gasteiger partial charge in [-0.2, -0.15) is 5.10 Å². The molecular formula is C18H20BrN3O2. The van der Waals surface area contributed by atoms with Crippen LogP contribution in [0.25, 0.3) is 0 Å². The van der Waals surface area contributed by atoms with Crippen LogP contribution in [0.5, 0.6) is 0 Å². The van der Waals surface area contributed by atoms with Crippen LogP contribution < -0.4 is 5.32 Å². The Morgan fingerprint density at radius 3 is 2.42 bits per heavy atom. The first-order valence-electron chi connectivity index (χ1n) is 8.72. The van der Waals surface area contributed by atoms with Gasteiger partial charge in [0.1, 0.15) is 0 Å². The van der Waals surface area contributed by atoms with Crippen molar-refractivity contribution < 1.29 is 9.21 Å². The highest BCUT2D eigenvalue weighted by atomic mass is 79.9. The van der Waals surface area contributed by atoms with Gasteiger partial charge >= 0.3 is 0 Å². The molecule has 0 aliphatic heterocycles. The molecule has 4 bridgehead atoms. The lowest BCUT2D eigenvalue weighted by molar-refractivity contribution is -0.0492. The number of carbonyl (C=O) groups is 1. The number of amides is 1. The molecule has 1 amide bonds. The molecule has 0 saturated heterocycles. The Morgan fingerprint density at radius 1 is 1.17 bits per heavy atom. The van der Waals surface area contributed by atoms with Crippen molar-refractivity contribution in [3.8, 4) is 0 Å². The standard InChI is InChI=1S/C18H20BrN3O2/c19-15-2-1-14(24-15)17(23)20-16-3-4-22(21-16)18-8-11-5-12(9-18)7-13(6-11)10-18/h1-4,11-13H,5-10H2,(H,20,21,23). The third-order valence-electron chi connectivity index (χ3n) is 6.12. The largest absolute Gasteiger partial charge is 0.444 e. The summed E-state index contributed by atoms with van der Waals surface area (Å²) in [6.07, 6.45) is 10.0. The van der Waals surface area contributed by atoms with E-state index in [0.717, 1.165) is 17.8 Å². The summed E-state index contributed by atoms with van der Waals surface area (Å²) in [6, 6.07) is 5.26. The molecule has 0 atom stereocenters. The predicted molar refractivity (Wildman–Crippen MR) is 92.7 cm³/mol. The molecule has 2 heterocycles. The minimum atomic E-state index is -0.267. The van der Waals surface area contributed by atoms with Crippen molar-refractivity contribution in [1.82, 2.24) is 9.78 Å². The summed E-state index contributed by atoms with van der Waals surface area (Å²) in [5, 5.41) is 7.54. The van der Waals surface area contributed by atoms with Gasteiger partial charge in [-0.25, -0.2) is 0 Å². The Labute approximate surface area is 148 Å². The first-order valence-corrected chi connectivity index (χ1v) is 9.52. The third-order valence-corrected chi connectivity index (χ3v) is 6.55. The Hall–Kier alpha value is -1.56. The van der Waals surface area contributed by atoms with Gasteiger partial charge in [0.15, 0.2) is 16.2 Å². The molecule has 4 fully saturated rings. The summed E-state index contributed by atoms with van der Waals surface area (Å²) >= 11 is 3.21. The van der Waals surface area contributed by atoms with E-state index in [4.69, 9.17) is 9.52 Å². The van der Waals surface area contributed by atoms with Crippen LogP contribution in [0, 0.1) is 17.8 Å². The fourth-order valence-electron chi connectivity index (χ4n) is 5.61. The number of aromatic nitrogens is 2. The van der Waals surface area contributed by atoms with Crippen LogP contribution in [-0.4, -0.2) is 15.7 Å². The summed E-state index contributed by atoms with van der Waals surface area (Å²) in [4.78, 5) is 12.2. The number of hydrogen-bond acceptors (Lipinski definition) is 3. The van der Waals surface area contributed by atoms with Gasteiger partial charge < -0.3 is 9.73 Å². The van der Waals surface area contributed by atoms with Gasteiger partial charge in [0, 0.05) is 12.3 Å². The smallest absolute Gasteiger partial charge is 0.292 e. The maximum absolute atomic E-state index is 12.2. The number of halogens is 1. The summed E-state index contributed by atoms with van der Waals surface area (Å²) in [7, 11) is 0. The molecule has 0 radical (unpaired) electrons. The number of nitrogens with zero attached hydrogens (tertiary/aromatic N) is 2. The topological polar surface area (TPSA) is 60.1 Å². The van der Waals surface area contributed by atoms with Crippen molar-refractivity contribution in [2.75, 3.05) is 5.32 Å². The molecule has 5 nitrogen and oxygen atoms in total. The van der Waals surface area contributed by atoms with E-state index in [9.17, 15) is 4.79 Å². The molecule has 4 aliphatic carbocycles. The van der Waals surface area contributed by atoms with E-state index in [2.05, 4.69) is 25.9 Å². The minimum Gasteiger partial charge on any atom is -0.444 e. The lowest BCUT2D eigenvalue weighted by atomic mass is 9.53. The van der Waals surface area contributed by atoms with E-state index in [1.807, 2.05) is 12.3 Å². The lowest BCUT2D eigenvalue weighted by Crippen LogP contribution is -2.52. The molecule has 2 aromatic heterocycles. The van der Waals surface area contributed by atoms with E-state index in [-0.39, 0.29) is 17.2 Å². The highest BCUT2D eigenvalue weighted by Crippen LogP contribution is 2.58.